The molecule has 0 saturated heterocycles. The fraction of sp³-hybridized carbons (Fsp3) is 0.600. The molecule has 8 heteroatoms. The number of aromatic nitrogens is 2. The highest BCUT2D eigenvalue weighted by molar-refractivity contribution is 5.43. The number of anilines is 2. The Balaban J connectivity index is 2.91. The predicted octanol–water partition coefficient (Wildman–Crippen LogP) is 1.99. The van der Waals surface area contributed by atoms with E-state index in [1.807, 2.05) is 0 Å². The third-order valence-electron chi connectivity index (χ3n) is 1.96. The minimum Gasteiger partial charge on any atom is -0.383 e. The van der Waals surface area contributed by atoms with Crippen LogP contribution in [-0.4, -0.2) is 36.8 Å². The van der Waals surface area contributed by atoms with Gasteiger partial charge in [-0.1, -0.05) is 0 Å². The average molecular weight is 264 g/mol. The summed E-state index contributed by atoms with van der Waals surface area (Å²) < 4.78 is 42.6. The highest BCUT2D eigenvalue weighted by Gasteiger charge is 2.33. The van der Waals surface area contributed by atoms with Gasteiger partial charge in [-0.2, -0.15) is 18.2 Å². The summed E-state index contributed by atoms with van der Waals surface area (Å²) in [7, 11) is 1.51. The van der Waals surface area contributed by atoms with Gasteiger partial charge in [0, 0.05) is 26.3 Å². The lowest BCUT2D eigenvalue weighted by atomic mass is 10.3. The van der Waals surface area contributed by atoms with Crippen LogP contribution in [0.15, 0.2) is 6.07 Å². The number of nitrogens with zero attached hydrogens (tertiary/aromatic N) is 2. The molecule has 0 atom stereocenters. The fourth-order valence-corrected chi connectivity index (χ4v) is 1.20. The molecule has 0 radical (unpaired) electrons. The largest absolute Gasteiger partial charge is 0.433 e. The first kappa shape index (κ1) is 14.5. The summed E-state index contributed by atoms with van der Waals surface area (Å²) >= 11 is 0. The van der Waals surface area contributed by atoms with Gasteiger partial charge in [-0.15, -0.1) is 0 Å². The lowest BCUT2D eigenvalue weighted by molar-refractivity contribution is -0.141. The van der Waals surface area contributed by atoms with E-state index in [2.05, 4.69) is 20.6 Å². The van der Waals surface area contributed by atoms with E-state index >= 15 is 0 Å². The Kier molecular flexibility index (Phi) is 5.14. The van der Waals surface area contributed by atoms with Crippen molar-refractivity contribution in [3.05, 3.63) is 11.8 Å². The van der Waals surface area contributed by atoms with Crippen LogP contribution >= 0.6 is 0 Å². The molecule has 0 saturated carbocycles. The Bertz CT molecular complexity index is 384. The van der Waals surface area contributed by atoms with E-state index in [-0.39, 0.29) is 11.8 Å². The first-order valence-electron chi connectivity index (χ1n) is 5.40. The average Bonchev–Trinajstić information content (AvgIpc) is 2.28. The van der Waals surface area contributed by atoms with Gasteiger partial charge in [-0.05, 0) is 6.92 Å². The zero-order valence-electron chi connectivity index (χ0n) is 10.1. The van der Waals surface area contributed by atoms with Crippen LogP contribution in [0.2, 0.25) is 0 Å². The maximum Gasteiger partial charge on any atom is 0.433 e. The molecular formula is C10H15F3N4O. The predicted molar refractivity (Wildman–Crippen MR) is 61.6 cm³/mol. The van der Waals surface area contributed by atoms with Crippen molar-refractivity contribution in [3.63, 3.8) is 0 Å². The molecule has 0 aromatic carbocycles. The molecule has 0 bridgehead atoms. The number of hydrogen-bond acceptors (Lipinski definition) is 5. The summed E-state index contributed by atoms with van der Waals surface area (Å²) in [5.41, 5.74) is -0.978. The monoisotopic (exact) mass is 264 g/mol. The van der Waals surface area contributed by atoms with Gasteiger partial charge in [-0.25, -0.2) is 4.98 Å². The maximum atomic E-state index is 12.6. The number of hydrogen-bond donors (Lipinski definition) is 2. The summed E-state index contributed by atoms with van der Waals surface area (Å²) in [5, 5.41) is 5.40. The van der Waals surface area contributed by atoms with Gasteiger partial charge in [0.1, 0.15) is 5.82 Å². The molecule has 5 nitrogen and oxygen atoms in total. The molecule has 2 N–H and O–H groups in total. The number of rotatable bonds is 6. The van der Waals surface area contributed by atoms with Crippen LogP contribution < -0.4 is 10.6 Å². The third-order valence-corrected chi connectivity index (χ3v) is 1.96. The van der Waals surface area contributed by atoms with Crippen molar-refractivity contribution in [1.29, 1.82) is 0 Å². The summed E-state index contributed by atoms with van der Waals surface area (Å²) in [6.07, 6.45) is -4.50. The highest BCUT2D eigenvalue weighted by atomic mass is 19.4. The topological polar surface area (TPSA) is 59.1 Å². The van der Waals surface area contributed by atoms with Crippen LogP contribution in [0.4, 0.5) is 24.9 Å². The summed E-state index contributed by atoms with van der Waals surface area (Å²) in [6.45, 7) is 2.94. The van der Waals surface area contributed by atoms with Crippen molar-refractivity contribution >= 4 is 11.8 Å². The quantitative estimate of drug-likeness (QED) is 0.769. The van der Waals surface area contributed by atoms with E-state index in [4.69, 9.17) is 4.74 Å². The van der Waals surface area contributed by atoms with Crippen LogP contribution in [0.5, 0.6) is 0 Å². The Morgan fingerprint density at radius 1 is 1.28 bits per heavy atom. The maximum absolute atomic E-state index is 12.6. The van der Waals surface area contributed by atoms with Gasteiger partial charge < -0.3 is 15.4 Å². The molecule has 0 unspecified atom stereocenters. The molecule has 0 fully saturated rings. The van der Waals surface area contributed by atoms with Gasteiger partial charge >= 0.3 is 6.18 Å². The Morgan fingerprint density at radius 2 is 2.00 bits per heavy atom. The molecule has 0 aliphatic heterocycles. The minimum absolute atomic E-state index is 0.0489. The molecule has 1 aromatic heterocycles. The minimum atomic E-state index is -4.50. The third kappa shape index (κ3) is 4.36. The summed E-state index contributed by atoms with van der Waals surface area (Å²) in [6, 6.07) is 0.872. The number of alkyl halides is 3. The SMILES string of the molecule is CCNc1nc(NCCOC)cc(C(F)(F)F)n1. The zero-order chi connectivity index (χ0) is 13.6. The Hall–Kier alpha value is -1.57. The Labute approximate surface area is 103 Å². The molecule has 1 rings (SSSR count). The van der Waals surface area contributed by atoms with Crippen molar-refractivity contribution in [2.75, 3.05) is 37.4 Å². The highest BCUT2D eigenvalue weighted by Crippen LogP contribution is 2.29. The molecule has 102 valence electrons. The van der Waals surface area contributed by atoms with E-state index in [0.29, 0.717) is 19.7 Å². The Morgan fingerprint density at radius 3 is 2.56 bits per heavy atom. The van der Waals surface area contributed by atoms with Gasteiger partial charge in [0.15, 0.2) is 5.69 Å². The summed E-state index contributed by atoms with van der Waals surface area (Å²) in [5.74, 6) is 0.0672. The normalized spacial score (nSPS) is 11.4. The van der Waals surface area contributed by atoms with Crippen LogP contribution in [0, 0.1) is 0 Å². The second-order valence-corrected chi connectivity index (χ2v) is 3.41. The van der Waals surface area contributed by atoms with Crippen molar-refractivity contribution in [2.24, 2.45) is 0 Å². The first-order valence-corrected chi connectivity index (χ1v) is 5.40. The molecule has 0 aliphatic rings. The zero-order valence-corrected chi connectivity index (χ0v) is 10.1. The van der Waals surface area contributed by atoms with Crippen LogP contribution in [0.1, 0.15) is 12.6 Å². The van der Waals surface area contributed by atoms with E-state index in [1.54, 1.807) is 6.92 Å². The molecule has 18 heavy (non-hydrogen) atoms. The van der Waals surface area contributed by atoms with Gasteiger partial charge in [0.25, 0.3) is 0 Å². The number of halogens is 3. The number of nitrogens with one attached hydrogen (secondary N) is 2. The fourth-order valence-electron chi connectivity index (χ4n) is 1.20. The van der Waals surface area contributed by atoms with E-state index in [9.17, 15) is 13.2 Å². The van der Waals surface area contributed by atoms with Crippen LogP contribution in [0.3, 0.4) is 0 Å². The van der Waals surface area contributed by atoms with E-state index in [0.717, 1.165) is 6.07 Å². The van der Waals surface area contributed by atoms with E-state index in [1.165, 1.54) is 7.11 Å². The molecule has 0 amide bonds. The molecular weight excluding hydrogens is 249 g/mol. The standard InChI is InChI=1S/C10H15F3N4O/c1-3-14-9-16-7(10(11,12)13)6-8(17-9)15-4-5-18-2/h6H,3-5H2,1-2H3,(H2,14,15,16,17). The van der Waals surface area contributed by atoms with Crippen LogP contribution in [-0.2, 0) is 10.9 Å². The lowest BCUT2D eigenvalue weighted by Crippen LogP contribution is -2.15. The number of methoxy groups -OCH3 is 1. The number of ether oxygens (including phenoxy) is 1. The van der Waals surface area contributed by atoms with Crippen molar-refractivity contribution < 1.29 is 17.9 Å². The molecule has 1 heterocycles. The second kappa shape index (κ2) is 6.39. The first-order chi connectivity index (χ1) is 8.47. The van der Waals surface area contributed by atoms with Crippen molar-refractivity contribution in [1.82, 2.24) is 9.97 Å². The van der Waals surface area contributed by atoms with Crippen molar-refractivity contribution in [3.8, 4) is 0 Å². The van der Waals surface area contributed by atoms with Crippen LogP contribution in [0.25, 0.3) is 0 Å². The van der Waals surface area contributed by atoms with Crippen molar-refractivity contribution in [2.45, 2.75) is 13.1 Å². The molecule has 1 aromatic rings. The lowest BCUT2D eigenvalue weighted by Gasteiger charge is -2.11. The van der Waals surface area contributed by atoms with Gasteiger partial charge in [0.2, 0.25) is 5.95 Å². The molecule has 0 aliphatic carbocycles. The molecule has 0 spiro atoms. The van der Waals surface area contributed by atoms with Gasteiger partial charge in [0.05, 0.1) is 6.61 Å². The summed E-state index contributed by atoms with van der Waals surface area (Å²) in [4.78, 5) is 7.32. The smallest absolute Gasteiger partial charge is 0.383 e. The van der Waals surface area contributed by atoms with E-state index < -0.39 is 11.9 Å². The van der Waals surface area contributed by atoms with Gasteiger partial charge in [-0.3, -0.25) is 0 Å². The second-order valence-electron chi connectivity index (χ2n) is 3.41.